The molecule has 0 aliphatic carbocycles. The number of nitrogens with zero attached hydrogens (tertiary/aromatic N) is 5. The Morgan fingerprint density at radius 1 is 1.03 bits per heavy atom. The summed E-state index contributed by atoms with van der Waals surface area (Å²) in [7, 11) is -3.74. The zero-order chi connectivity index (χ0) is 23.6. The van der Waals surface area contributed by atoms with Gasteiger partial charge in [-0.15, -0.1) is 0 Å². The molecule has 4 rings (SSSR count). The minimum Gasteiger partial charge on any atom is -0.485 e. The van der Waals surface area contributed by atoms with Crippen LogP contribution >= 0.6 is 0 Å². The highest BCUT2D eigenvalue weighted by Crippen LogP contribution is 2.24. The standard InChI is InChI=1S/C21H25N5O6S/c1-14-20(15(2)31-23-14)33(28,29)26-10-4-9-25(11-12-26)21(27)17-5-7-18(8-6-17)30-13-19-22-16(3)32-24-19/h5-8H,4,9-13H2,1-3H3. The first-order valence-electron chi connectivity index (χ1n) is 10.5. The fraction of sp³-hybridized carbons (Fsp3) is 0.429. The third kappa shape index (κ3) is 4.91. The summed E-state index contributed by atoms with van der Waals surface area (Å²) in [6, 6.07) is 6.77. The van der Waals surface area contributed by atoms with E-state index in [-0.39, 0.29) is 36.3 Å². The Morgan fingerprint density at radius 2 is 1.79 bits per heavy atom. The van der Waals surface area contributed by atoms with Crippen LogP contribution in [0.15, 0.2) is 38.2 Å². The highest BCUT2D eigenvalue weighted by atomic mass is 32.2. The van der Waals surface area contributed by atoms with E-state index in [1.54, 1.807) is 49.9 Å². The van der Waals surface area contributed by atoms with Gasteiger partial charge in [0.05, 0.1) is 0 Å². The van der Waals surface area contributed by atoms with Gasteiger partial charge in [-0.1, -0.05) is 10.3 Å². The molecule has 2 aromatic heterocycles. The molecule has 0 N–H and O–H groups in total. The molecule has 1 aromatic carbocycles. The van der Waals surface area contributed by atoms with Crippen molar-refractivity contribution in [2.45, 2.75) is 38.7 Å². The first-order valence-corrected chi connectivity index (χ1v) is 11.9. The predicted octanol–water partition coefficient (Wildman–Crippen LogP) is 2.10. The van der Waals surface area contributed by atoms with Crippen molar-refractivity contribution < 1.29 is 27.0 Å². The molecule has 33 heavy (non-hydrogen) atoms. The van der Waals surface area contributed by atoms with Gasteiger partial charge in [0.15, 0.2) is 12.4 Å². The lowest BCUT2D eigenvalue weighted by Crippen LogP contribution is -2.37. The van der Waals surface area contributed by atoms with Crippen LogP contribution in [0.1, 0.15) is 39.9 Å². The molecule has 1 aliphatic heterocycles. The van der Waals surface area contributed by atoms with Crippen molar-refractivity contribution in [3.8, 4) is 5.75 Å². The van der Waals surface area contributed by atoms with Crippen molar-refractivity contribution in [1.82, 2.24) is 24.5 Å². The molecule has 11 nitrogen and oxygen atoms in total. The molecule has 176 valence electrons. The van der Waals surface area contributed by atoms with Crippen molar-refractivity contribution in [3.63, 3.8) is 0 Å². The predicted molar refractivity (Wildman–Crippen MR) is 115 cm³/mol. The van der Waals surface area contributed by atoms with E-state index in [4.69, 9.17) is 13.8 Å². The number of hydrogen-bond acceptors (Lipinski definition) is 9. The molecule has 1 saturated heterocycles. The Balaban J connectivity index is 1.38. The maximum absolute atomic E-state index is 13.1. The highest BCUT2D eigenvalue weighted by molar-refractivity contribution is 7.89. The topological polar surface area (TPSA) is 132 Å². The Hall–Kier alpha value is -3.25. The van der Waals surface area contributed by atoms with Gasteiger partial charge in [0, 0.05) is 38.7 Å². The SMILES string of the molecule is Cc1nc(COc2ccc(C(=O)N3CCCN(S(=O)(=O)c4c(C)noc4C)CC3)cc2)no1. The zero-order valence-electron chi connectivity index (χ0n) is 18.6. The second-order valence-electron chi connectivity index (χ2n) is 7.75. The molecule has 3 heterocycles. The summed E-state index contributed by atoms with van der Waals surface area (Å²) in [5.74, 6) is 1.58. The fourth-order valence-corrected chi connectivity index (χ4v) is 5.49. The first kappa shape index (κ1) is 22.9. The molecule has 0 radical (unpaired) electrons. The third-order valence-electron chi connectivity index (χ3n) is 5.35. The average Bonchev–Trinajstić information content (AvgIpc) is 3.26. The van der Waals surface area contributed by atoms with Crippen LogP contribution in [0.4, 0.5) is 0 Å². The molecular formula is C21H25N5O6S. The molecule has 0 bridgehead atoms. The van der Waals surface area contributed by atoms with Gasteiger partial charge in [-0.25, -0.2) is 8.42 Å². The zero-order valence-corrected chi connectivity index (χ0v) is 19.5. The van der Waals surface area contributed by atoms with Crippen LogP contribution in [0.3, 0.4) is 0 Å². The van der Waals surface area contributed by atoms with Gasteiger partial charge in [0.1, 0.15) is 16.3 Å². The van der Waals surface area contributed by atoms with Crippen LogP contribution in [-0.4, -0.2) is 65.0 Å². The molecule has 1 aliphatic rings. The van der Waals surface area contributed by atoms with E-state index >= 15 is 0 Å². The largest absolute Gasteiger partial charge is 0.485 e. The molecule has 3 aromatic rings. The minimum absolute atomic E-state index is 0.105. The molecule has 0 spiro atoms. The van der Waals surface area contributed by atoms with Crippen LogP contribution in [0.2, 0.25) is 0 Å². The third-order valence-corrected chi connectivity index (χ3v) is 7.49. The van der Waals surface area contributed by atoms with Crippen LogP contribution in [-0.2, 0) is 16.6 Å². The van der Waals surface area contributed by atoms with Gasteiger partial charge >= 0.3 is 0 Å². The van der Waals surface area contributed by atoms with Crippen molar-refractivity contribution in [2.75, 3.05) is 26.2 Å². The number of rotatable bonds is 6. The van der Waals surface area contributed by atoms with Crippen molar-refractivity contribution in [2.24, 2.45) is 0 Å². The number of sulfonamides is 1. The van der Waals surface area contributed by atoms with E-state index in [2.05, 4.69) is 15.3 Å². The Kier molecular flexibility index (Phi) is 6.47. The summed E-state index contributed by atoms with van der Waals surface area (Å²) in [5.41, 5.74) is 0.834. The van der Waals surface area contributed by atoms with Gasteiger partial charge in [-0.2, -0.15) is 9.29 Å². The monoisotopic (exact) mass is 475 g/mol. The van der Waals surface area contributed by atoms with Gasteiger partial charge < -0.3 is 18.7 Å². The fourth-order valence-electron chi connectivity index (χ4n) is 3.73. The lowest BCUT2D eigenvalue weighted by atomic mass is 10.2. The summed E-state index contributed by atoms with van der Waals surface area (Å²) in [6.07, 6.45) is 0.527. The quantitative estimate of drug-likeness (QED) is 0.526. The lowest BCUT2D eigenvalue weighted by molar-refractivity contribution is 0.0764. The number of aromatic nitrogens is 3. The van der Waals surface area contributed by atoms with E-state index in [0.29, 0.717) is 48.2 Å². The second kappa shape index (κ2) is 9.32. The maximum atomic E-state index is 13.1. The van der Waals surface area contributed by atoms with Gasteiger partial charge in [0.25, 0.3) is 5.91 Å². The van der Waals surface area contributed by atoms with Gasteiger partial charge in [-0.3, -0.25) is 4.79 Å². The normalized spacial score (nSPS) is 15.4. The van der Waals surface area contributed by atoms with Gasteiger partial charge in [0.2, 0.25) is 21.7 Å². The number of ether oxygens (including phenoxy) is 1. The number of aryl methyl sites for hydroxylation is 3. The molecule has 0 saturated carbocycles. The molecule has 1 fully saturated rings. The van der Waals surface area contributed by atoms with Crippen LogP contribution < -0.4 is 4.74 Å². The van der Waals surface area contributed by atoms with Crippen LogP contribution in [0.25, 0.3) is 0 Å². The van der Waals surface area contributed by atoms with Crippen LogP contribution in [0, 0.1) is 20.8 Å². The smallest absolute Gasteiger partial charge is 0.253 e. The number of hydrogen-bond donors (Lipinski definition) is 0. The molecule has 0 atom stereocenters. The Bertz CT molecular complexity index is 1210. The summed E-state index contributed by atoms with van der Waals surface area (Å²) in [5, 5.41) is 7.52. The summed E-state index contributed by atoms with van der Waals surface area (Å²) >= 11 is 0. The lowest BCUT2D eigenvalue weighted by Gasteiger charge is -2.22. The van der Waals surface area contributed by atoms with E-state index in [9.17, 15) is 13.2 Å². The summed E-state index contributed by atoms with van der Waals surface area (Å²) in [4.78, 5) is 18.8. The molecule has 0 unspecified atom stereocenters. The van der Waals surface area contributed by atoms with Crippen molar-refractivity contribution in [1.29, 1.82) is 0 Å². The van der Waals surface area contributed by atoms with E-state index in [0.717, 1.165) is 0 Å². The Labute approximate surface area is 191 Å². The Morgan fingerprint density at radius 3 is 2.42 bits per heavy atom. The molecule has 12 heteroatoms. The van der Waals surface area contributed by atoms with E-state index in [1.807, 2.05) is 0 Å². The number of carbonyl (C=O) groups excluding carboxylic acids is 1. The average molecular weight is 476 g/mol. The van der Waals surface area contributed by atoms with Crippen molar-refractivity contribution >= 4 is 15.9 Å². The number of benzene rings is 1. The second-order valence-corrected chi connectivity index (χ2v) is 9.62. The molecular weight excluding hydrogens is 450 g/mol. The van der Waals surface area contributed by atoms with E-state index in [1.165, 1.54) is 4.31 Å². The summed E-state index contributed by atoms with van der Waals surface area (Å²) in [6.45, 7) is 6.31. The maximum Gasteiger partial charge on any atom is 0.253 e. The minimum atomic E-state index is -3.74. The molecule has 1 amide bonds. The van der Waals surface area contributed by atoms with E-state index < -0.39 is 10.0 Å². The summed E-state index contributed by atoms with van der Waals surface area (Å²) < 4.78 is 43.1. The van der Waals surface area contributed by atoms with Crippen molar-refractivity contribution in [3.05, 3.63) is 53.0 Å². The first-order chi connectivity index (χ1) is 15.8. The van der Waals surface area contributed by atoms with Gasteiger partial charge in [-0.05, 0) is 44.5 Å². The number of amides is 1. The number of carbonyl (C=O) groups is 1. The highest BCUT2D eigenvalue weighted by Gasteiger charge is 2.33. The van der Waals surface area contributed by atoms with Crippen LogP contribution in [0.5, 0.6) is 5.75 Å².